The van der Waals surface area contributed by atoms with Crippen molar-refractivity contribution in [1.82, 2.24) is 14.2 Å². The molecule has 0 unspecified atom stereocenters. The summed E-state index contributed by atoms with van der Waals surface area (Å²) in [5, 5.41) is 12.8. The van der Waals surface area contributed by atoms with Crippen LogP contribution in [0.4, 0.5) is 10.5 Å². The number of rotatable bonds is 7. The van der Waals surface area contributed by atoms with Crippen molar-refractivity contribution in [3.8, 4) is 11.5 Å². The molecule has 0 atom stereocenters. The van der Waals surface area contributed by atoms with Crippen LogP contribution >= 0.6 is 0 Å². The van der Waals surface area contributed by atoms with Gasteiger partial charge in [0.1, 0.15) is 6.61 Å². The second-order valence-electron chi connectivity index (χ2n) is 8.25. The van der Waals surface area contributed by atoms with Crippen LogP contribution in [0, 0.1) is 10.1 Å². The minimum Gasteiger partial charge on any atom is -0.493 e. The number of ether oxygens (including phenoxy) is 3. The van der Waals surface area contributed by atoms with Gasteiger partial charge in [0, 0.05) is 49.3 Å². The fraction of sp³-hybridized carbons (Fsp3) is 0.333. The smallest absolute Gasteiger partial charge is 0.410 e. The van der Waals surface area contributed by atoms with E-state index in [2.05, 4.69) is 4.98 Å². The quantitative estimate of drug-likeness (QED) is 0.332. The third-order valence-corrected chi connectivity index (χ3v) is 8.06. The van der Waals surface area contributed by atoms with E-state index in [0.29, 0.717) is 17.2 Å². The van der Waals surface area contributed by atoms with Gasteiger partial charge >= 0.3 is 6.09 Å². The molecule has 0 spiro atoms. The molecule has 0 radical (unpaired) electrons. The highest BCUT2D eigenvalue weighted by Gasteiger charge is 2.30. The van der Waals surface area contributed by atoms with Gasteiger partial charge in [-0.1, -0.05) is 12.1 Å². The maximum Gasteiger partial charge on any atom is 0.410 e. The van der Waals surface area contributed by atoms with Gasteiger partial charge in [-0.3, -0.25) is 15.1 Å². The number of carbonyl (C=O) groups is 1. The molecule has 2 heterocycles. The summed E-state index contributed by atoms with van der Waals surface area (Å²) in [5.74, 6) is 0.444. The number of methoxy groups -OCH3 is 2. The Hall–Kier alpha value is -3.97. The Morgan fingerprint density at radius 3 is 2.57 bits per heavy atom. The fourth-order valence-electron chi connectivity index (χ4n) is 4.20. The number of pyridine rings is 1. The van der Waals surface area contributed by atoms with Crippen LogP contribution in [0.15, 0.2) is 53.7 Å². The molecule has 0 N–H and O–H groups in total. The summed E-state index contributed by atoms with van der Waals surface area (Å²) >= 11 is 0. The largest absolute Gasteiger partial charge is 0.493 e. The Labute approximate surface area is 213 Å². The Balaban J connectivity index is 1.46. The molecule has 0 aliphatic carbocycles. The second-order valence-corrected chi connectivity index (χ2v) is 10.2. The van der Waals surface area contributed by atoms with Crippen LogP contribution in [0.5, 0.6) is 11.5 Å². The SMILES string of the molecule is COc1cc(COC(=O)N2CCCN(S(=O)(=O)c3cccc4cnccc34)CC2)c([N+](=O)[O-])cc1OC. The number of hydrogen-bond donors (Lipinski definition) is 0. The molecule has 1 aliphatic rings. The van der Waals surface area contributed by atoms with Gasteiger partial charge in [-0.05, 0) is 24.6 Å². The normalized spacial score (nSPS) is 14.7. The lowest BCUT2D eigenvalue weighted by Crippen LogP contribution is -2.37. The molecule has 1 amide bonds. The van der Waals surface area contributed by atoms with E-state index in [0.717, 1.165) is 0 Å². The maximum atomic E-state index is 13.4. The van der Waals surface area contributed by atoms with Crippen molar-refractivity contribution in [2.24, 2.45) is 0 Å². The van der Waals surface area contributed by atoms with Crippen molar-refractivity contribution in [1.29, 1.82) is 0 Å². The highest BCUT2D eigenvalue weighted by atomic mass is 32.2. The third kappa shape index (κ3) is 5.42. The predicted octanol–water partition coefficient (Wildman–Crippen LogP) is 3.19. The van der Waals surface area contributed by atoms with Crippen molar-refractivity contribution in [3.05, 3.63) is 64.5 Å². The summed E-state index contributed by atoms with van der Waals surface area (Å²) in [6.45, 7) is 0.332. The van der Waals surface area contributed by atoms with E-state index in [-0.39, 0.29) is 60.4 Å². The van der Waals surface area contributed by atoms with Gasteiger partial charge in [0.05, 0.1) is 35.7 Å². The van der Waals surface area contributed by atoms with Crippen molar-refractivity contribution < 1.29 is 32.3 Å². The lowest BCUT2D eigenvalue weighted by Gasteiger charge is -2.22. The molecule has 0 bridgehead atoms. The molecule has 4 rings (SSSR count). The number of sulfonamides is 1. The molecular formula is C24H26N4O8S. The monoisotopic (exact) mass is 530 g/mol. The average Bonchev–Trinajstić information content (AvgIpc) is 3.18. The number of nitro benzene ring substituents is 1. The summed E-state index contributed by atoms with van der Waals surface area (Å²) < 4.78 is 43.9. The summed E-state index contributed by atoms with van der Waals surface area (Å²) in [4.78, 5) is 29.3. The molecule has 196 valence electrons. The van der Waals surface area contributed by atoms with E-state index in [1.54, 1.807) is 36.7 Å². The average molecular weight is 531 g/mol. The molecule has 13 heteroatoms. The Morgan fingerprint density at radius 2 is 1.84 bits per heavy atom. The van der Waals surface area contributed by atoms with Gasteiger partial charge in [0.15, 0.2) is 11.5 Å². The van der Waals surface area contributed by atoms with Crippen molar-refractivity contribution >= 4 is 32.6 Å². The zero-order valence-electron chi connectivity index (χ0n) is 20.3. The lowest BCUT2D eigenvalue weighted by molar-refractivity contribution is -0.385. The van der Waals surface area contributed by atoms with Crippen LogP contribution in [-0.2, 0) is 21.4 Å². The molecule has 1 fully saturated rings. The first-order valence-electron chi connectivity index (χ1n) is 11.4. The van der Waals surface area contributed by atoms with Gasteiger partial charge in [0.2, 0.25) is 10.0 Å². The minimum absolute atomic E-state index is 0.0788. The topological polar surface area (TPSA) is 141 Å². The number of nitrogens with zero attached hydrogens (tertiary/aromatic N) is 4. The summed E-state index contributed by atoms with van der Waals surface area (Å²) in [6, 6.07) is 9.29. The van der Waals surface area contributed by atoms with E-state index in [4.69, 9.17) is 14.2 Å². The van der Waals surface area contributed by atoms with Crippen LogP contribution in [0.3, 0.4) is 0 Å². The summed E-state index contributed by atoms with van der Waals surface area (Å²) in [7, 11) is -1.06. The summed E-state index contributed by atoms with van der Waals surface area (Å²) in [6.07, 6.45) is 2.86. The fourth-order valence-corrected chi connectivity index (χ4v) is 5.88. The van der Waals surface area contributed by atoms with Crippen molar-refractivity contribution in [2.45, 2.75) is 17.9 Å². The van der Waals surface area contributed by atoms with Crippen LogP contribution < -0.4 is 9.47 Å². The molecule has 12 nitrogen and oxygen atoms in total. The number of aromatic nitrogens is 1. The zero-order chi connectivity index (χ0) is 26.6. The first kappa shape index (κ1) is 26.1. The number of amides is 1. The number of nitro groups is 1. The standard InChI is InChI=1S/C24H26N4O8S/c1-34-21-13-18(20(28(30)31)14-22(21)35-2)16-36-24(29)26-9-4-10-27(12-11-26)37(32,33)23-6-3-5-17-15-25-8-7-19(17)23/h3,5-8,13-15H,4,9-12,16H2,1-2H3. The first-order chi connectivity index (χ1) is 17.8. The molecule has 37 heavy (non-hydrogen) atoms. The third-order valence-electron chi connectivity index (χ3n) is 6.10. The van der Waals surface area contributed by atoms with E-state index in [1.165, 1.54) is 35.6 Å². The van der Waals surface area contributed by atoms with Gasteiger partial charge in [-0.2, -0.15) is 4.31 Å². The van der Waals surface area contributed by atoms with Crippen LogP contribution in [0.2, 0.25) is 0 Å². The molecule has 0 saturated carbocycles. The van der Waals surface area contributed by atoms with E-state index < -0.39 is 21.0 Å². The molecule has 1 aliphatic heterocycles. The van der Waals surface area contributed by atoms with Crippen LogP contribution in [0.25, 0.3) is 10.8 Å². The van der Waals surface area contributed by atoms with E-state index in [1.807, 2.05) is 0 Å². The maximum absolute atomic E-state index is 13.4. The summed E-state index contributed by atoms with van der Waals surface area (Å²) in [5.41, 5.74) is -0.135. The highest BCUT2D eigenvalue weighted by Crippen LogP contribution is 2.35. The number of benzene rings is 2. The second kappa shape index (κ2) is 11.0. The van der Waals surface area contributed by atoms with Gasteiger partial charge in [-0.15, -0.1) is 0 Å². The Kier molecular flexibility index (Phi) is 7.74. The molecular weight excluding hydrogens is 504 g/mol. The van der Waals surface area contributed by atoms with Crippen molar-refractivity contribution in [3.63, 3.8) is 0 Å². The van der Waals surface area contributed by atoms with E-state index in [9.17, 15) is 23.3 Å². The van der Waals surface area contributed by atoms with Gasteiger partial charge < -0.3 is 19.1 Å². The molecule has 1 saturated heterocycles. The number of hydrogen-bond acceptors (Lipinski definition) is 9. The van der Waals surface area contributed by atoms with Crippen LogP contribution in [-0.4, -0.2) is 74.0 Å². The highest BCUT2D eigenvalue weighted by molar-refractivity contribution is 7.89. The zero-order valence-corrected chi connectivity index (χ0v) is 21.1. The lowest BCUT2D eigenvalue weighted by atomic mass is 10.1. The van der Waals surface area contributed by atoms with E-state index >= 15 is 0 Å². The van der Waals surface area contributed by atoms with Crippen LogP contribution in [0.1, 0.15) is 12.0 Å². The van der Waals surface area contributed by atoms with Crippen molar-refractivity contribution in [2.75, 3.05) is 40.4 Å². The number of fused-ring (bicyclic) bond motifs is 1. The van der Waals surface area contributed by atoms with Gasteiger partial charge in [-0.25, -0.2) is 13.2 Å². The molecule has 3 aromatic rings. The molecule has 1 aromatic heterocycles. The number of carbonyl (C=O) groups excluding carboxylic acids is 1. The van der Waals surface area contributed by atoms with Gasteiger partial charge in [0.25, 0.3) is 5.69 Å². The first-order valence-corrected chi connectivity index (χ1v) is 12.8. The molecule has 2 aromatic carbocycles. The Bertz CT molecular complexity index is 1420. The Morgan fingerprint density at radius 1 is 1.08 bits per heavy atom. The minimum atomic E-state index is -3.82. The predicted molar refractivity (Wildman–Crippen MR) is 133 cm³/mol.